The summed E-state index contributed by atoms with van der Waals surface area (Å²) in [7, 11) is 1.62. The smallest absolute Gasteiger partial charge is 0.246 e. The number of hydrogen-bond donors (Lipinski definition) is 4. The van der Waals surface area contributed by atoms with E-state index < -0.39 is 18.0 Å². The van der Waals surface area contributed by atoms with Crippen molar-refractivity contribution in [2.24, 2.45) is 11.7 Å². The predicted molar refractivity (Wildman–Crippen MR) is 130 cm³/mol. The normalized spacial score (nSPS) is 23.7. The summed E-state index contributed by atoms with van der Waals surface area (Å²) >= 11 is 0. The van der Waals surface area contributed by atoms with Gasteiger partial charge in [0.05, 0.1) is 13.7 Å². The van der Waals surface area contributed by atoms with Crippen molar-refractivity contribution in [3.8, 4) is 5.75 Å². The van der Waals surface area contributed by atoms with Crippen LogP contribution in [-0.2, 0) is 25.6 Å². The molecule has 0 aromatic heterocycles. The summed E-state index contributed by atoms with van der Waals surface area (Å²) in [5.41, 5.74) is 6.57. The number of rotatable bonds is 10. The van der Waals surface area contributed by atoms with Crippen LogP contribution in [0.25, 0.3) is 0 Å². The van der Waals surface area contributed by atoms with Gasteiger partial charge in [-0.15, -0.1) is 0 Å². The molecule has 2 heterocycles. The highest BCUT2D eigenvalue weighted by atomic mass is 16.5. The minimum absolute atomic E-state index is 0.0390. The summed E-state index contributed by atoms with van der Waals surface area (Å²) in [5.74, 6) is -0.328. The summed E-state index contributed by atoms with van der Waals surface area (Å²) in [6.45, 7) is 2.10. The van der Waals surface area contributed by atoms with Crippen LogP contribution >= 0.6 is 0 Å². The number of carbonyl (C=O) groups is 4. The van der Waals surface area contributed by atoms with E-state index in [4.69, 9.17) is 10.5 Å². The predicted octanol–water partition coefficient (Wildman–Crippen LogP) is 0.0932. The van der Waals surface area contributed by atoms with Crippen molar-refractivity contribution in [3.05, 3.63) is 29.8 Å². The molecule has 1 aromatic carbocycles. The van der Waals surface area contributed by atoms with Crippen LogP contribution < -0.4 is 26.4 Å². The number of nitrogens with zero attached hydrogens (tertiary/aromatic N) is 1. The second-order valence-corrected chi connectivity index (χ2v) is 9.24. The zero-order chi connectivity index (χ0) is 25.4. The molecule has 2 saturated heterocycles. The van der Waals surface area contributed by atoms with Gasteiger partial charge in [0, 0.05) is 26.1 Å². The average Bonchev–Trinajstić information content (AvgIpc) is 3.23. The van der Waals surface area contributed by atoms with Gasteiger partial charge in [0.2, 0.25) is 23.6 Å². The number of ether oxygens (including phenoxy) is 1. The fraction of sp³-hybridized carbons (Fsp3) is 0.600. The lowest BCUT2D eigenvalue weighted by Crippen LogP contribution is -2.57. The highest BCUT2D eigenvalue weighted by Crippen LogP contribution is 2.35. The van der Waals surface area contributed by atoms with E-state index in [9.17, 15) is 19.2 Å². The van der Waals surface area contributed by atoms with Crippen LogP contribution in [0.4, 0.5) is 0 Å². The van der Waals surface area contributed by atoms with Crippen LogP contribution in [0.5, 0.6) is 5.75 Å². The van der Waals surface area contributed by atoms with Gasteiger partial charge >= 0.3 is 0 Å². The molecule has 0 saturated carbocycles. The molecular weight excluding hydrogens is 450 g/mol. The summed E-state index contributed by atoms with van der Waals surface area (Å²) < 4.78 is 5.17. The largest absolute Gasteiger partial charge is 0.497 e. The van der Waals surface area contributed by atoms with Gasteiger partial charge in [-0.05, 0) is 62.1 Å². The van der Waals surface area contributed by atoms with E-state index in [0.29, 0.717) is 38.8 Å². The number of fused-ring (bicyclic) bond motifs is 1. The van der Waals surface area contributed by atoms with E-state index in [1.807, 2.05) is 24.3 Å². The Bertz CT molecular complexity index is 906. The van der Waals surface area contributed by atoms with Gasteiger partial charge in [0.1, 0.15) is 17.8 Å². The van der Waals surface area contributed by atoms with Crippen molar-refractivity contribution >= 4 is 23.6 Å². The fourth-order valence-electron chi connectivity index (χ4n) is 5.09. The minimum Gasteiger partial charge on any atom is -0.497 e. The van der Waals surface area contributed by atoms with Gasteiger partial charge in [-0.25, -0.2) is 0 Å². The molecule has 5 N–H and O–H groups in total. The quantitative estimate of drug-likeness (QED) is 0.368. The van der Waals surface area contributed by atoms with Gasteiger partial charge < -0.3 is 31.3 Å². The van der Waals surface area contributed by atoms with E-state index in [1.54, 1.807) is 12.0 Å². The van der Waals surface area contributed by atoms with Crippen LogP contribution in [0.3, 0.4) is 0 Å². The maximum atomic E-state index is 13.6. The number of amides is 4. The topological polar surface area (TPSA) is 143 Å². The Kier molecular flexibility index (Phi) is 9.47. The van der Waals surface area contributed by atoms with Gasteiger partial charge in [-0.2, -0.15) is 0 Å². The number of carbonyl (C=O) groups excluding carboxylic acids is 4. The average molecular weight is 488 g/mol. The summed E-state index contributed by atoms with van der Waals surface area (Å²) in [6.07, 6.45) is 4.03. The Balaban J connectivity index is 1.65. The third kappa shape index (κ3) is 6.94. The molecule has 0 radical (unpaired) electrons. The van der Waals surface area contributed by atoms with E-state index in [2.05, 4.69) is 16.0 Å². The first-order valence-corrected chi connectivity index (χ1v) is 12.3. The van der Waals surface area contributed by atoms with Gasteiger partial charge in [-0.3, -0.25) is 19.2 Å². The number of benzene rings is 1. The molecule has 10 heteroatoms. The van der Waals surface area contributed by atoms with Crippen molar-refractivity contribution in [3.63, 3.8) is 0 Å². The van der Waals surface area contributed by atoms with Crippen molar-refractivity contribution in [2.45, 2.75) is 63.6 Å². The van der Waals surface area contributed by atoms with Gasteiger partial charge in [0.25, 0.3) is 0 Å². The first-order valence-electron chi connectivity index (χ1n) is 12.3. The molecule has 4 amide bonds. The number of nitrogens with one attached hydrogen (secondary N) is 3. The Labute approximate surface area is 206 Å². The molecule has 3 rings (SSSR count). The highest BCUT2D eigenvalue weighted by Gasteiger charge is 2.47. The first kappa shape index (κ1) is 26.5. The zero-order valence-electron chi connectivity index (χ0n) is 20.5. The lowest BCUT2D eigenvalue weighted by atomic mass is 9.90. The van der Waals surface area contributed by atoms with Crippen molar-refractivity contribution in [2.75, 3.05) is 26.7 Å². The molecule has 2 aliphatic rings. The molecule has 35 heavy (non-hydrogen) atoms. The number of nitrogens with two attached hydrogens (primary N) is 1. The number of hydrogen-bond acceptors (Lipinski definition) is 6. The number of methoxy groups -OCH3 is 1. The van der Waals surface area contributed by atoms with Crippen LogP contribution in [0, 0.1) is 5.92 Å². The SMILES string of the molecule is COc1ccc(CCNC(=O)C2CCC3CCC(CCNC(C)=O)C(NC(=O)CN)C(=O)N32)cc1. The van der Waals surface area contributed by atoms with E-state index in [-0.39, 0.29) is 36.2 Å². The standard InChI is InChI=1S/C25H37N5O5/c1-16(31)27-14-12-18-5-6-19-7-10-21(30(19)25(34)23(18)29-22(32)15-26)24(33)28-13-11-17-3-8-20(35-2)9-4-17/h3-4,8-9,18-19,21,23H,5-7,10-15,26H2,1-2H3,(H,27,31)(H,28,33)(H,29,32). The van der Waals surface area contributed by atoms with E-state index in [0.717, 1.165) is 24.2 Å². The Hall–Kier alpha value is -3.14. The fourth-order valence-corrected chi connectivity index (χ4v) is 5.09. The molecule has 0 spiro atoms. The summed E-state index contributed by atoms with van der Waals surface area (Å²) in [6, 6.07) is 6.32. The van der Waals surface area contributed by atoms with Crippen LogP contribution in [0.15, 0.2) is 24.3 Å². The maximum Gasteiger partial charge on any atom is 0.246 e. The van der Waals surface area contributed by atoms with Crippen molar-refractivity contribution < 1.29 is 23.9 Å². The van der Waals surface area contributed by atoms with Gasteiger partial charge in [-0.1, -0.05) is 12.1 Å². The second kappa shape index (κ2) is 12.5. The molecular formula is C25H37N5O5. The molecule has 2 aliphatic heterocycles. The van der Waals surface area contributed by atoms with Crippen LogP contribution in [-0.4, -0.2) is 73.4 Å². The van der Waals surface area contributed by atoms with E-state index >= 15 is 0 Å². The Morgan fingerprint density at radius 2 is 1.77 bits per heavy atom. The summed E-state index contributed by atoms with van der Waals surface area (Å²) in [4.78, 5) is 51.8. The molecule has 10 nitrogen and oxygen atoms in total. The second-order valence-electron chi connectivity index (χ2n) is 9.24. The molecule has 0 aliphatic carbocycles. The Morgan fingerprint density at radius 1 is 1.06 bits per heavy atom. The molecule has 2 fully saturated rings. The molecule has 4 atom stereocenters. The lowest BCUT2D eigenvalue weighted by Gasteiger charge is -2.32. The molecule has 192 valence electrons. The van der Waals surface area contributed by atoms with Gasteiger partial charge in [0.15, 0.2) is 0 Å². The zero-order valence-corrected chi connectivity index (χ0v) is 20.5. The third-order valence-corrected chi connectivity index (χ3v) is 6.93. The van der Waals surface area contributed by atoms with Crippen molar-refractivity contribution in [1.29, 1.82) is 0 Å². The summed E-state index contributed by atoms with van der Waals surface area (Å²) in [5, 5.41) is 8.53. The molecule has 1 aromatic rings. The molecule has 0 bridgehead atoms. The Morgan fingerprint density at radius 3 is 2.43 bits per heavy atom. The van der Waals surface area contributed by atoms with E-state index in [1.165, 1.54) is 6.92 Å². The highest BCUT2D eigenvalue weighted by molar-refractivity contribution is 5.93. The van der Waals surface area contributed by atoms with Crippen LogP contribution in [0.2, 0.25) is 0 Å². The minimum atomic E-state index is -0.766. The third-order valence-electron chi connectivity index (χ3n) is 6.93. The van der Waals surface area contributed by atoms with Crippen molar-refractivity contribution in [1.82, 2.24) is 20.9 Å². The maximum absolute atomic E-state index is 13.6. The molecule has 4 unspecified atom stereocenters. The lowest BCUT2D eigenvalue weighted by molar-refractivity contribution is -0.143. The van der Waals surface area contributed by atoms with Crippen LogP contribution in [0.1, 0.15) is 44.6 Å². The first-order chi connectivity index (χ1) is 16.8. The monoisotopic (exact) mass is 487 g/mol.